The minimum absolute atomic E-state index is 0.0447. The summed E-state index contributed by atoms with van der Waals surface area (Å²) in [5.41, 5.74) is 1.25. The molecule has 1 aromatic heterocycles. The quantitative estimate of drug-likeness (QED) is 0.921. The van der Waals surface area contributed by atoms with Crippen molar-refractivity contribution in [2.45, 2.75) is 44.4 Å². The molecular formula is C19H22N4O. The third-order valence-corrected chi connectivity index (χ3v) is 5.58. The number of aromatic amines is 1. The van der Waals surface area contributed by atoms with Crippen LogP contribution in [0.25, 0.3) is 11.0 Å². The average Bonchev–Trinajstić information content (AvgIpc) is 3.28. The summed E-state index contributed by atoms with van der Waals surface area (Å²) in [6, 6.07) is 10.4. The summed E-state index contributed by atoms with van der Waals surface area (Å²) in [6.07, 6.45) is 5.40. The molecule has 24 heavy (non-hydrogen) atoms. The Balaban J connectivity index is 1.55. The first-order valence-corrected chi connectivity index (χ1v) is 8.87. The molecule has 1 atom stereocenters. The van der Waals surface area contributed by atoms with Gasteiger partial charge in [0.15, 0.2) is 0 Å². The van der Waals surface area contributed by atoms with E-state index in [0.29, 0.717) is 19.4 Å². The molecule has 0 unspecified atom stereocenters. The molecule has 2 aromatic rings. The van der Waals surface area contributed by atoms with Crippen molar-refractivity contribution in [3.8, 4) is 6.07 Å². The highest BCUT2D eigenvalue weighted by molar-refractivity contribution is 5.86. The Kier molecular flexibility index (Phi) is 3.76. The third kappa shape index (κ3) is 2.47. The van der Waals surface area contributed by atoms with Crippen LogP contribution in [0.5, 0.6) is 0 Å². The number of imidazole rings is 1. The highest BCUT2D eigenvalue weighted by Crippen LogP contribution is 2.40. The van der Waals surface area contributed by atoms with E-state index in [-0.39, 0.29) is 11.8 Å². The standard InChI is InChI=1S/C19H22N4O/c20-13-19(9-3-4-10-19)18(24)23-11-5-6-14(12-23)17-21-15-7-1-2-8-16(15)22-17/h1-2,7-8,14H,3-6,9-12H2,(H,21,22)/t14-/m0/s1. The number of hydrogen-bond donors (Lipinski definition) is 1. The minimum atomic E-state index is -0.768. The molecule has 1 saturated heterocycles. The number of carbonyl (C=O) groups is 1. The van der Waals surface area contributed by atoms with Crippen LogP contribution in [0.3, 0.4) is 0 Å². The first-order valence-electron chi connectivity index (χ1n) is 8.87. The topological polar surface area (TPSA) is 72.8 Å². The highest BCUT2D eigenvalue weighted by atomic mass is 16.2. The lowest BCUT2D eigenvalue weighted by molar-refractivity contribution is -0.140. The van der Waals surface area contributed by atoms with Crippen LogP contribution in [-0.4, -0.2) is 33.9 Å². The molecule has 1 aliphatic heterocycles. The molecule has 2 fully saturated rings. The van der Waals surface area contributed by atoms with Gasteiger partial charge < -0.3 is 9.88 Å². The summed E-state index contributed by atoms with van der Waals surface area (Å²) in [5, 5.41) is 9.58. The van der Waals surface area contributed by atoms with Crippen molar-refractivity contribution in [2.24, 2.45) is 5.41 Å². The molecule has 1 amide bonds. The largest absolute Gasteiger partial charge is 0.342 e. The minimum Gasteiger partial charge on any atom is -0.342 e. The fraction of sp³-hybridized carbons (Fsp3) is 0.526. The lowest BCUT2D eigenvalue weighted by Crippen LogP contribution is -2.46. The average molecular weight is 322 g/mol. The van der Waals surface area contributed by atoms with Gasteiger partial charge in [0.25, 0.3) is 0 Å². The van der Waals surface area contributed by atoms with Crippen LogP contribution in [0.2, 0.25) is 0 Å². The Morgan fingerprint density at radius 2 is 2.08 bits per heavy atom. The van der Waals surface area contributed by atoms with Crippen molar-refractivity contribution in [3.63, 3.8) is 0 Å². The van der Waals surface area contributed by atoms with Gasteiger partial charge in [-0.1, -0.05) is 25.0 Å². The maximum absolute atomic E-state index is 13.0. The number of amides is 1. The first kappa shape index (κ1) is 15.2. The number of nitrogens with one attached hydrogen (secondary N) is 1. The summed E-state index contributed by atoms with van der Waals surface area (Å²) in [4.78, 5) is 23.0. The number of piperidine rings is 1. The van der Waals surface area contributed by atoms with E-state index in [4.69, 9.17) is 4.98 Å². The second-order valence-electron chi connectivity index (χ2n) is 7.13. The number of para-hydroxylation sites is 2. The molecule has 2 heterocycles. The lowest BCUT2D eigenvalue weighted by Gasteiger charge is -2.35. The number of hydrogen-bond acceptors (Lipinski definition) is 3. The Bertz CT molecular complexity index is 764. The molecule has 1 aliphatic carbocycles. The van der Waals surface area contributed by atoms with E-state index >= 15 is 0 Å². The zero-order valence-electron chi connectivity index (χ0n) is 13.8. The van der Waals surface area contributed by atoms with Gasteiger partial charge in [0.1, 0.15) is 11.2 Å². The fourth-order valence-corrected chi connectivity index (χ4v) is 4.21. The predicted octanol–water partition coefficient (Wildman–Crippen LogP) is 3.35. The van der Waals surface area contributed by atoms with Gasteiger partial charge in [-0.25, -0.2) is 4.98 Å². The summed E-state index contributed by atoms with van der Waals surface area (Å²) >= 11 is 0. The summed E-state index contributed by atoms with van der Waals surface area (Å²) in [5.74, 6) is 1.24. The zero-order valence-corrected chi connectivity index (χ0v) is 13.8. The fourth-order valence-electron chi connectivity index (χ4n) is 4.21. The van der Waals surface area contributed by atoms with Gasteiger partial charge in [-0.05, 0) is 37.8 Å². The number of benzene rings is 1. The number of nitriles is 1. The lowest BCUT2D eigenvalue weighted by atomic mass is 9.85. The number of likely N-dealkylation sites (tertiary alicyclic amines) is 1. The van der Waals surface area contributed by atoms with E-state index in [9.17, 15) is 10.1 Å². The Labute approximate surface area is 141 Å². The van der Waals surface area contributed by atoms with E-state index < -0.39 is 5.41 Å². The molecule has 1 saturated carbocycles. The van der Waals surface area contributed by atoms with E-state index in [1.54, 1.807) is 0 Å². The van der Waals surface area contributed by atoms with E-state index in [1.165, 1.54) is 0 Å². The molecular weight excluding hydrogens is 300 g/mol. The van der Waals surface area contributed by atoms with Crippen molar-refractivity contribution >= 4 is 16.9 Å². The molecule has 2 aliphatic rings. The maximum Gasteiger partial charge on any atom is 0.243 e. The number of fused-ring (bicyclic) bond motifs is 1. The van der Waals surface area contributed by atoms with Gasteiger partial charge >= 0.3 is 0 Å². The van der Waals surface area contributed by atoms with Crippen LogP contribution < -0.4 is 0 Å². The van der Waals surface area contributed by atoms with Crippen molar-refractivity contribution < 1.29 is 4.79 Å². The summed E-state index contributed by atoms with van der Waals surface area (Å²) < 4.78 is 0. The molecule has 1 aromatic carbocycles. The van der Waals surface area contributed by atoms with Gasteiger partial charge in [-0.3, -0.25) is 4.79 Å². The van der Waals surface area contributed by atoms with Crippen LogP contribution in [0, 0.1) is 16.7 Å². The smallest absolute Gasteiger partial charge is 0.243 e. The van der Waals surface area contributed by atoms with Crippen LogP contribution in [0.15, 0.2) is 24.3 Å². The van der Waals surface area contributed by atoms with Gasteiger partial charge in [0.05, 0.1) is 17.1 Å². The second-order valence-corrected chi connectivity index (χ2v) is 7.13. The highest BCUT2D eigenvalue weighted by Gasteiger charge is 2.45. The molecule has 0 radical (unpaired) electrons. The van der Waals surface area contributed by atoms with Gasteiger partial charge in [0, 0.05) is 19.0 Å². The van der Waals surface area contributed by atoms with Crippen molar-refractivity contribution in [3.05, 3.63) is 30.1 Å². The van der Waals surface area contributed by atoms with Gasteiger partial charge in [-0.15, -0.1) is 0 Å². The number of aromatic nitrogens is 2. The normalized spacial score (nSPS) is 23.3. The third-order valence-electron chi connectivity index (χ3n) is 5.58. The second kappa shape index (κ2) is 5.94. The van der Waals surface area contributed by atoms with E-state index in [2.05, 4.69) is 11.1 Å². The molecule has 4 rings (SSSR count). The molecule has 1 N–H and O–H groups in total. The Hall–Kier alpha value is -2.35. The molecule has 0 spiro atoms. The Morgan fingerprint density at radius 1 is 1.29 bits per heavy atom. The number of rotatable bonds is 2. The van der Waals surface area contributed by atoms with E-state index in [0.717, 1.165) is 49.1 Å². The van der Waals surface area contributed by atoms with Gasteiger partial charge in [-0.2, -0.15) is 5.26 Å². The molecule has 5 heteroatoms. The Morgan fingerprint density at radius 3 is 2.83 bits per heavy atom. The van der Waals surface area contributed by atoms with Crippen molar-refractivity contribution in [1.82, 2.24) is 14.9 Å². The van der Waals surface area contributed by atoms with Crippen LogP contribution in [-0.2, 0) is 4.79 Å². The van der Waals surface area contributed by atoms with E-state index in [1.807, 2.05) is 29.2 Å². The molecule has 0 bridgehead atoms. The zero-order chi connectivity index (χ0) is 16.6. The monoisotopic (exact) mass is 322 g/mol. The predicted molar refractivity (Wildman–Crippen MR) is 91.2 cm³/mol. The van der Waals surface area contributed by atoms with Crippen LogP contribution >= 0.6 is 0 Å². The van der Waals surface area contributed by atoms with Crippen LogP contribution in [0.1, 0.15) is 50.3 Å². The van der Waals surface area contributed by atoms with Gasteiger partial charge in [0.2, 0.25) is 5.91 Å². The maximum atomic E-state index is 13.0. The van der Waals surface area contributed by atoms with Crippen molar-refractivity contribution in [2.75, 3.05) is 13.1 Å². The number of carbonyl (C=O) groups excluding carboxylic acids is 1. The number of nitrogens with zero attached hydrogens (tertiary/aromatic N) is 3. The number of H-pyrrole nitrogens is 1. The van der Waals surface area contributed by atoms with Crippen molar-refractivity contribution in [1.29, 1.82) is 5.26 Å². The first-order chi connectivity index (χ1) is 11.7. The summed E-state index contributed by atoms with van der Waals surface area (Å²) in [6.45, 7) is 1.43. The molecule has 124 valence electrons. The SMILES string of the molecule is N#CC1(C(=O)N2CCC[C@H](c3nc4ccccc4[nH]3)C2)CCCC1. The van der Waals surface area contributed by atoms with Crippen LogP contribution in [0.4, 0.5) is 0 Å². The molecule has 5 nitrogen and oxygen atoms in total. The summed E-state index contributed by atoms with van der Waals surface area (Å²) in [7, 11) is 0.